The average molecular weight is 317 g/mol. The predicted octanol–water partition coefficient (Wildman–Crippen LogP) is 4.55. The fraction of sp³-hybridized carbons (Fsp3) is 0.333. The predicted molar refractivity (Wildman–Crippen MR) is 88.9 cm³/mol. The zero-order chi connectivity index (χ0) is 15.4. The van der Waals surface area contributed by atoms with Crippen molar-refractivity contribution in [1.82, 2.24) is 5.32 Å². The molecular formula is C18H20FNOS. The molecule has 0 aromatic heterocycles. The molecule has 1 heterocycles. The molecule has 1 atom stereocenters. The Balaban J connectivity index is 1.70. The number of hydrogen-bond acceptors (Lipinski definition) is 3. The molecule has 2 aromatic rings. The monoisotopic (exact) mass is 317 g/mol. The lowest BCUT2D eigenvalue weighted by Gasteiger charge is -2.26. The van der Waals surface area contributed by atoms with E-state index in [9.17, 15) is 4.39 Å². The van der Waals surface area contributed by atoms with Gasteiger partial charge in [0.05, 0.1) is 6.61 Å². The molecule has 22 heavy (non-hydrogen) atoms. The summed E-state index contributed by atoms with van der Waals surface area (Å²) in [5.74, 6) is 1.80. The Labute approximate surface area is 135 Å². The van der Waals surface area contributed by atoms with Crippen molar-refractivity contribution in [2.45, 2.75) is 30.8 Å². The summed E-state index contributed by atoms with van der Waals surface area (Å²) in [5.41, 5.74) is 2.26. The highest BCUT2D eigenvalue weighted by atomic mass is 32.2. The molecule has 4 heteroatoms. The highest BCUT2D eigenvalue weighted by molar-refractivity contribution is 7.99. The van der Waals surface area contributed by atoms with E-state index < -0.39 is 0 Å². The standard InChI is InChI=1S/C18H20FNOS/c1-2-21-15-5-3-4-13(10-15)12-20-17-8-9-22-18-7-6-14(19)11-16(17)18/h3-7,10-11,17,20H,2,8-9,12H2,1H3. The van der Waals surface area contributed by atoms with E-state index in [4.69, 9.17) is 4.74 Å². The van der Waals surface area contributed by atoms with Crippen LogP contribution in [0.15, 0.2) is 47.4 Å². The number of ether oxygens (including phenoxy) is 1. The highest BCUT2D eigenvalue weighted by Gasteiger charge is 2.20. The van der Waals surface area contributed by atoms with Crippen LogP contribution in [0.1, 0.15) is 30.5 Å². The van der Waals surface area contributed by atoms with Gasteiger partial charge in [0, 0.05) is 17.5 Å². The Morgan fingerprint density at radius 2 is 2.18 bits per heavy atom. The third-order valence-electron chi connectivity index (χ3n) is 3.77. The fourth-order valence-corrected chi connectivity index (χ4v) is 3.84. The Morgan fingerprint density at radius 3 is 3.05 bits per heavy atom. The maximum absolute atomic E-state index is 13.5. The molecule has 0 aliphatic carbocycles. The lowest BCUT2D eigenvalue weighted by Crippen LogP contribution is -2.24. The van der Waals surface area contributed by atoms with Crippen LogP contribution in [0.25, 0.3) is 0 Å². The minimum atomic E-state index is -0.161. The van der Waals surface area contributed by atoms with Crippen molar-refractivity contribution in [3.8, 4) is 5.75 Å². The van der Waals surface area contributed by atoms with Crippen LogP contribution in [0.5, 0.6) is 5.75 Å². The highest BCUT2D eigenvalue weighted by Crippen LogP contribution is 2.36. The first kappa shape index (κ1) is 15.4. The molecule has 0 saturated carbocycles. The van der Waals surface area contributed by atoms with Gasteiger partial charge in [-0.25, -0.2) is 4.39 Å². The second-order valence-corrected chi connectivity index (χ2v) is 6.47. The molecule has 0 spiro atoms. The zero-order valence-electron chi connectivity index (χ0n) is 12.6. The van der Waals surface area contributed by atoms with Crippen LogP contribution >= 0.6 is 11.8 Å². The Bertz CT molecular complexity index is 647. The van der Waals surface area contributed by atoms with Crippen molar-refractivity contribution in [1.29, 1.82) is 0 Å². The van der Waals surface area contributed by atoms with Gasteiger partial charge in [-0.3, -0.25) is 0 Å². The lowest BCUT2D eigenvalue weighted by molar-refractivity contribution is 0.339. The molecule has 1 unspecified atom stereocenters. The summed E-state index contributed by atoms with van der Waals surface area (Å²) in [6, 6.07) is 13.4. The molecule has 1 aliphatic heterocycles. The van der Waals surface area contributed by atoms with Crippen LogP contribution in [0, 0.1) is 5.82 Å². The number of nitrogens with one attached hydrogen (secondary N) is 1. The van der Waals surface area contributed by atoms with Gasteiger partial charge in [0.2, 0.25) is 0 Å². The summed E-state index contributed by atoms with van der Waals surface area (Å²) in [6.07, 6.45) is 1.02. The topological polar surface area (TPSA) is 21.3 Å². The maximum atomic E-state index is 13.5. The van der Waals surface area contributed by atoms with Crippen molar-refractivity contribution in [3.63, 3.8) is 0 Å². The SMILES string of the molecule is CCOc1cccc(CNC2CCSc3ccc(F)cc32)c1. The molecule has 0 bridgehead atoms. The largest absolute Gasteiger partial charge is 0.494 e. The van der Waals surface area contributed by atoms with Crippen LogP contribution in [-0.2, 0) is 6.54 Å². The van der Waals surface area contributed by atoms with Gasteiger partial charge in [0.1, 0.15) is 11.6 Å². The van der Waals surface area contributed by atoms with E-state index in [-0.39, 0.29) is 11.9 Å². The first-order chi connectivity index (χ1) is 10.8. The van der Waals surface area contributed by atoms with Gasteiger partial charge < -0.3 is 10.1 Å². The first-order valence-corrected chi connectivity index (χ1v) is 8.62. The van der Waals surface area contributed by atoms with E-state index in [1.54, 1.807) is 23.9 Å². The van der Waals surface area contributed by atoms with Crippen LogP contribution in [-0.4, -0.2) is 12.4 Å². The van der Waals surface area contributed by atoms with E-state index in [0.717, 1.165) is 30.0 Å². The van der Waals surface area contributed by atoms with Gasteiger partial charge in [0.15, 0.2) is 0 Å². The number of benzene rings is 2. The van der Waals surface area contributed by atoms with Crippen molar-refractivity contribution in [3.05, 3.63) is 59.4 Å². The molecule has 0 saturated heterocycles. The molecule has 116 valence electrons. The van der Waals surface area contributed by atoms with E-state index >= 15 is 0 Å². The minimum absolute atomic E-state index is 0.161. The lowest BCUT2D eigenvalue weighted by atomic mass is 10.0. The van der Waals surface area contributed by atoms with Crippen LogP contribution in [0.3, 0.4) is 0 Å². The minimum Gasteiger partial charge on any atom is -0.494 e. The van der Waals surface area contributed by atoms with Crippen LogP contribution in [0.2, 0.25) is 0 Å². The molecule has 2 nitrogen and oxygen atoms in total. The summed E-state index contributed by atoms with van der Waals surface area (Å²) >= 11 is 1.81. The molecule has 1 N–H and O–H groups in total. The third kappa shape index (κ3) is 3.62. The number of rotatable bonds is 5. The maximum Gasteiger partial charge on any atom is 0.123 e. The second-order valence-electron chi connectivity index (χ2n) is 5.33. The van der Waals surface area contributed by atoms with Gasteiger partial charge in [0.25, 0.3) is 0 Å². The van der Waals surface area contributed by atoms with Gasteiger partial charge in [-0.05, 0) is 60.6 Å². The van der Waals surface area contributed by atoms with Gasteiger partial charge in [-0.2, -0.15) is 0 Å². The van der Waals surface area contributed by atoms with Gasteiger partial charge >= 0.3 is 0 Å². The molecular weight excluding hydrogens is 297 g/mol. The summed E-state index contributed by atoms with van der Waals surface area (Å²) < 4.78 is 19.0. The number of halogens is 1. The molecule has 0 fully saturated rings. The molecule has 2 aromatic carbocycles. The quantitative estimate of drug-likeness (QED) is 0.874. The van der Waals surface area contributed by atoms with Gasteiger partial charge in [-0.15, -0.1) is 11.8 Å². The van der Waals surface area contributed by atoms with Crippen LogP contribution in [0.4, 0.5) is 4.39 Å². The van der Waals surface area contributed by atoms with E-state index in [2.05, 4.69) is 17.4 Å². The third-order valence-corrected chi connectivity index (χ3v) is 4.90. The number of hydrogen-bond donors (Lipinski definition) is 1. The zero-order valence-corrected chi connectivity index (χ0v) is 13.5. The fourth-order valence-electron chi connectivity index (χ4n) is 2.73. The molecule has 3 rings (SSSR count). The number of thioether (sulfide) groups is 1. The van der Waals surface area contributed by atoms with Crippen molar-refractivity contribution in [2.24, 2.45) is 0 Å². The van der Waals surface area contributed by atoms with Crippen LogP contribution < -0.4 is 10.1 Å². The average Bonchev–Trinajstić information content (AvgIpc) is 2.53. The van der Waals surface area contributed by atoms with Gasteiger partial charge in [-0.1, -0.05) is 12.1 Å². The Hall–Kier alpha value is -1.52. The summed E-state index contributed by atoms with van der Waals surface area (Å²) in [5, 5.41) is 3.56. The molecule has 1 aliphatic rings. The second kappa shape index (κ2) is 7.16. The summed E-state index contributed by atoms with van der Waals surface area (Å²) in [4.78, 5) is 1.19. The summed E-state index contributed by atoms with van der Waals surface area (Å²) in [7, 11) is 0. The Kier molecular flexibility index (Phi) is 5.01. The van der Waals surface area contributed by atoms with E-state index in [1.807, 2.05) is 25.1 Å². The van der Waals surface area contributed by atoms with Crippen molar-refractivity contribution < 1.29 is 9.13 Å². The first-order valence-electron chi connectivity index (χ1n) is 7.63. The van der Waals surface area contributed by atoms with E-state index in [1.165, 1.54) is 10.5 Å². The normalized spacial score (nSPS) is 17.1. The Morgan fingerprint density at radius 1 is 1.27 bits per heavy atom. The summed E-state index contributed by atoms with van der Waals surface area (Å²) in [6.45, 7) is 3.41. The van der Waals surface area contributed by atoms with Crippen molar-refractivity contribution >= 4 is 11.8 Å². The van der Waals surface area contributed by atoms with Crippen molar-refractivity contribution in [2.75, 3.05) is 12.4 Å². The smallest absolute Gasteiger partial charge is 0.123 e. The molecule has 0 amide bonds. The molecule has 0 radical (unpaired) electrons. The number of fused-ring (bicyclic) bond motifs is 1. The van der Waals surface area contributed by atoms with E-state index in [0.29, 0.717) is 6.61 Å².